The summed E-state index contributed by atoms with van der Waals surface area (Å²) in [6.07, 6.45) is 0. The normalized spacial score (nSPS) is 13.7. The second kappa shape index (κ2) is 4.47. The lowest BCUT2D eigenvalue weighted by molar-refractivity contribution is -0.384. The van der Waals surface area contributed by atoms with Gasteiger partial charge in [0, 0.05) is 19.1 Å². The van der Waals surface area contributed by atoms with E-state index in [1.165, 1.54) is 12.1 Å². The Labute approximate surface area is 117 Å². The van der Waals surface area contributed by atoms with Crippen LogP contribution in [0.5, 0.6) is 0 Å². The Morgan fingerprint density at radius 2 is 1.95 bits per heavy atom. The van der Waals surface area contributed by atoms with Gasteiger partial charge in [0.15, 0.2) is 0 Å². The molecule has 21 heavy (non-hydrogen) atoms. The number of nitro benzene ring substituents is 1. The fourth-order valence-corrected chi connectivity index (χ4v) is 2.07. The van der Waals surface area contributed by atoms with Crippen LogP contribution >= 0.6 is 0 Å². The lowest BCUT2D eigenvalue weighted by Gasteiger charge is -2.09. The van der Waals surface area contributed by atoms with E-state index in [2.05, 4.69) is 10.2 Å². The highest BCUT2D eigenvalue weighted by atomic mass is 16.6. The molecule has 0 radical (unpaired) electrons. The summed E-state index contributed by atoms with van der Waals surface area (Å²) < 4.78 is 5.13. The molecule has 0 spiro atoms. The van der Waals surface area contributed by atoms with Crippen LogP contribution in [0.1, 0.15) is 32.5 Å². The van der Waals surface area contributed by atoms with Crippen LogP contribution in [0.3, 0.4) is 0 Å². The highest BCUT2D eigenvalue weighted by Gasteiger charge is 2.37. The predicted molar refractivity (Wildman–Crippen MR) is 66.3 cm³/mol. The fourth-order valence-electron chi connectivity index (χ4n) is 2.07. The molecule has 1 aromatic heterocycles. The molecule has 0 bridgehead atoms. The summed E-state index contributed by atoms with van der Waals surface area (Å²) in [5.41, 5.74) is -0.113. The number of non-ortho nitro benzene ring substituents is 1. The number of rotatable bonds is 3. The molecular formula is C12H8N4O5. The zero-order valence-corrected chi connectivity index (χ0v) is 10.8. The monoisotopic (exact) mass is 288 g/mol. The maximum absolute atomic E-state index is 12.2. The molecule has 2 aromatic rings. The van der Waals surface area contributed by atoms with Crippen LogP contribution in [-0.4, -0.2) is 31.8 Å². The molecule has 106 valence electrons. The van der Waals surface area contributed by atoms with E-state index in [1.54, 1.807) is 6.92 Å². The van der Waals surface area contributed by atoms with E-state index in [0.717, 1.165) is 11.0 Å². The first-order valence-electron chi connectivity index (χ1n) is 5.91. The second-order valence-corrected chi connectivity index (χ2v) is 4.40. The number of hydrogen-bond donors (Lipinski definition) is 0. The summed E-state index contributed by atoms with van der Waals surface area (Å²) >= 11 is 0. The third-order valence-electron chi connectivity index (χ3n) is 3.03. The summed E-state index contributed by atoms with van der Waals surface area (Å²) in [5, 5.41) is 18.1. The summed E-state index contributed by atoms with van der Waals surface area (Å²) in [6.45, 7) is 1.42. The Bertz CT molecular complexity index is 782. The fraction of sp³-hybridized carbons (Fsp3) is 0.167. The number of benzene rings is 1. The minimum absolute atomic E-state index is 0.00503. The molecule has 1 aromatic carbocycles. The third kappa shape index (κ3) is 2.04. The highest BCUT2D eigenvalue weighted by Crippen LogP contribution is 2.27. The van der Waals surface area contributed by atoms with E-state index in [1.807, 2.05) is 0 Å². The van der Waals surface area contributed by atoms with Crippen molar-refractivity contribution in [3.63, 3.8) is 0 Å². The van der Waals surface area contributed by atoms with Gasteiger partial charge in [0.05, 0.1) is 16.1 Å². The van der Waals surface area contributed by atoms with Crippen molar-refractivity contribution in [2.75, 3.05) is 0 Å². The number of imide groups is 1. The molecule has 0 saturated heterocycles. The number of hydrogen-bond acceptors (Lipinski definition) is 7. The van der Waals surface area contributed by atoms with Gasteiger partial charge in [-0.1, -0.05) is 0 Å². The predicted octanol–water partition coefficient (Wildman–Crippen LogP) is 1.08. The molecular weight excluding hydrogens is 280 g/mol. The first kappa shape index (κ1) is 12.9. The zero-order valence-electron chi connectivity index (χ0n) is 10.8. The van der Waals surface area contributed by atoms with E-state index >= 15 is 0 Å². The minimum Gasteiger partial charge on any atom is -0.424 e. The Kier molecular flexibility index (Phi) is 2.75. The Balaban J connectivity index is 1.94. The topological polar surface area (TPSA) is 119 Å². The molecule has 9 nitrogen and oxygen atoms in total. The van der Waals surface area contributed by atoms with Gasteiger partial charge < -0.3 is 4.42 Å². The maximum Gasteiger partial charge on any atom is 0.270 e. The number of nitrogens with zero attached hydrogens (tertiary/aromatic N) is 4. The molecule has 2 heterocycles. The quantitative estimate of drug-likeness (QED) is 0.470. The molecule has 1 aliphatic rings. The van der Waals surface area contributed by atoms with Crippen molar-refractivity contribution in [2.45, 2.75) is 13.5 Å². The van der Waals surface area contributed by atoms with Gasteiger partial charge in [-0.25, -0.2) is 0 Å². The van der Waals surface area contributed by atoms with E-state index in [0.29, 0.717) is 5.89 Å². The molecule has 0 atom stereocenters. The van der Waals surface area contributed by atoms with Crippen LogP contribution in [0.2, 0.25) is 0 Å². The average Bonchev–Trinajstić information content (AvgIpc) is 2.96. The van der Waals surface area contributed by atoms with Gasteiger partial charge >= 0.3 is 0 Å². The van der Waals surface area contributed by atoms with Crippen molar-refractivity contribution in [3.8, 4) is 0 Å². The van der Waals surface area contributed by atoms with Crippen molar-refractivity contribution in [3.05, 3.63) is 51.2 Å². The molecule has 2 amide bonds. The van der Waals surface area contributed by atoms with Gasteiger partial charge in [-0.2, -0.15) is 0 Å². The largest absolute Gasteiger partial charge is 0.424 e. The summed E-state index contributed by atoms with van der Waals surface area (Å²) in [4.78, 5) is 35.4. The van der Waals surface area contributed by atoms with Gasteiger partial charge in [-0.15, -0.1) is 10.2 Å². The van der Waals surface area contributed by atoms with Crippen molar-refractivity contribution < 1.29 is 18.9 Å². The summed E-state index contributed by atoms with van der Waals surface area (Å²) in [7, 11) is 0. The zero-order chi connectivity index (χ0) is 15.1. The first-order valence-corrected chi connectivity index (χ1v) is 5.91. The van der Waals surface area contributed by atoms with Crippen molar-refractivity contribution in [1.29, 1.82) is 0 Å². The minimum atomic E-state index is -0.623. The molecule has 0 unspecified atom stereocenters. The van der Waals surface area contributed by atoms with Gasteiger partial charge in [-0.05, 0) is 6.07 Å². The van der Waals surface area contributed by atoms with Crippen LogP contribution in [0.15, 0.2) is 22.6 Å². The molecule has 9 heteroatoms. The lowest BCUT2D eigenvalue weighted by atomic mass is 10.1. The van der Waals surface area contributed by atoms with Crippen LogP contribution < -0.4 is 0 Å². The molecule has 1 aliphatic heterocycles. The highest BCUT2D eigenvalue weighted by molar-refractivity contribution is 6.21. The SMILES string of the molecule is Cc1nnc(CN2C(=O)c3ccc([N+](=O)[O-])cc3C2=O)o1. The number of carbonyl (C=O) groups excluding carboxylic acids is 2. The smallest absolute Gasteiger partial charge is 0.270 e. The Hall–Kier alpha value is -3.10. The number of carbonyl (C=O) groups is 2. The second-order valence-electron chi connectivity index (χ2n) is 4.40. The molecule has 0 N–H and O–H groups in total. The van der Waals surface area contributed by atoms with Crippen LogP contribution in [-0.2, 0) is 6.54 Å². The van der Waals surface area contributed by atoms with E-state index in [4.69, 9.17) is 4.42 Å². The van der Waals surface area contributed by atoms with E-state index in [9.17, 15) is 19.7 Å². The first-order chi connectivity index (χ1) is 9.97. The lowest BCUT2D eigenvalue weighted by Crippen LogP contribution is -2.29. The van der Waals surface area contributed by atoms with Crippen molar-refractivity contribution in [2.24, 2.45) is 0 Å². The van der Waals surface area contributed by atoms with Crippen molar-refractivity contribution >= 4 is 17.5 Å². The number of aromatic nitrogens is 2. The van der Waals surface area contributed by atoms with Gasteiger partial charge in [-0.3, -0.25) is 24.6 Å². The Morgan fingerprint density at radius 3 is 2.57 bits per heavy atom. The standard InChI is InChI=1S/C12H8N4O5/c1-6-13-14-10(21-6)5-15-11(17)8-3-2-7(16(19)20)4-9(8)12(15)18/h2-4H,5H2,1H3. The van der Waals surface area contributed by atoms with Gasteiger partial charge in [0.1, 0.15) is 6.54 Å². The van der Waals surface area contributed by atoms with Crippen LogP contribution in [0, 0.1) is 17.0 Å². The van der Waals surface area contributed by atoms with Gasteiger partial charge in [0.25, 0.3) is 17.5 Å². The van der Waals surface area contributed by atoms with E-state index < -0.39 is 16.7 Å². The number of nitro groups is 1. The van der Waals surface area contributed by atoms with Crippen LogP contribution in [0.4, 0.5) is 5.69 Å². The average molecular weight is 288 g/mol. The van der Waals surface area contributed by atoms with E-state index in [-0.39, 0.29) is 29.2 Å². The number of fused-ring (bicyclic) bond motifs is 1. The van der Waals surface area contributed by atoms with Gasteiger partial charge in [0.2, 0.25) is 11.8 Å². The number of aryl methyl sites for hydroxylation is 1. The summed E-state index contributed by atoms with van der Waals surface area (Å²) in [6, 6.07) is 3.55. The maximum atomic E-state index is 12.2. The van der Waals surface area contributed by atoms with Crippen LogP contribution in [0.25, 0.3) is 0 Å². The molecule has 0 fully saturated rings. The Morgan fingerprint density at radius 1 is 1.24 bits per heavy atom. The molecule has 3 rings (SSSR count). The molecule has 0 aliphatic carbocycles. The van der Waals surface area contributed by atoms with Crippen molar-refractivity contribution in [1.82, 2.24) is 15.1 Å². The number of amides is 2. The molecule has 0 saturated carbocycles. The summed E-state index contributed by atoms with van der Waals surface area (Å²) in [5.74, 6) is -0.718. The third-order valence-corrected chi connectivity index (χ3v) is 3.03.